The predicted octanol–water partition coefficient (Wildman–Crippen LogP) is 4.13. The van der Waals surface area contributed by atoms with Crippen LogP contribution in [0.1, 0.15) is 23.6 Å². The lowest BCUT2D eigenvalue weighted by atomic mass is 10.1. The van der Waals surface area contributed by atoms with E-state index in [1.54, 1.807) is 0 Å². The van der Waals surface area contributed by atoms with E-state index < -0.39 is 0 Å². The highest BCUT2D eigenvalue weighted by Gasteiger charge is 2.31. The Morgan fingerprint density at radius 2 is 1.91 bits per heavy atom. The third-order valence-electron chi connectivity index (χ3n) is 4.47. The summed E-state index contributed by atoms with van der Waals surface area (Å²) in [7, 11) is 1.98. The van der Waals surface area contributed by atoms with E-state index in [1.807, 2.05) is 24.1 Å². The molecule has 1 aliphatic heterocycles. The first-order chi connectivity index (χ1) is 10.5. The van der Waals surface area contributed by atoms with Crippen molar-refractivity contribution >= 4 is 17.3 Å². The summed E-state index contributed by atoms with van der Waals surface area (Å²) in [4.78, 5) is 4.11. The molecule has 0 bridgehead atoms. The number of hydrogen-bond donors (Lipinski definition) is 1. The molecule has 3 nitrogen and oxygen atoms in total. The van der Waals surface area contributed by atoms with Crippen LogP contribution in [0.3, 0.4) is 0 Å². The van der Waals surface area contributed by atoms with E-state index in [-0.39, 0.29) is 0 Å². The van der Waals surface area contributed by atoms with Crippen molar-refractivity contribution in [3.63, 3.8) is 0 Å². The van der Waals surface area contributed by atoms with Gasteiger partial charge in [0.25, 0.3) is 0 Å². The molecule has 0 aliphatic carbocycles. The van der Waals surface area contributed by atoms with Crippen LogP contribution in [0.25, 0.3) is 0 Å². The minimum absolute atomic E-state index is 0.316. The lowest BCUT2D eigenvalue weighted by molar-refractivity contribution is 0.763. The minimum Gasteiger partial charge on any atom is -0.315 e. The predicted molar refractivity (Wildman–Crippen MR) is 94.1 cm³/mol. The normalized spacial score (nSPS) is 16.5. The Kier molecular flexibility index (Phi) is 3.65. The van der Waals surface area contributed by atoms with Gasteiger partial charge in [-0.2, -0.15) is 0 Å². The summed E-state index contributed by atoms with van der Waals surface area (Å²) in [6, 6.07) is 15.1. The van der Waals surface area contributed by atoms with Gasteiger partial charge in [-0.1, -0.05) is 35.9 Å². The molecule has 0 saturated carbocycles. The minimum atomic E-state index is 0.316. The standard InChI is InChI=1S/C19H23N3/c1-13-9-10-18-16(11-13)12-15(3)22(18)19(20)21(4)17-8-6-5-7-14(17)2/h5-11,15,20H,12H2,1-4H3. The number of hydrogen-bond acceptors (Lipinski definition) is 1. The monoisotopic (exact) mass is 293 g/mol. The number of para-hydroxylation sites is 1. The maximum Gasteiger partial charge on any atom is 0.202 e. The molecule has 1 heterocycles. The van der Waals surface area contributed by atoms with Gasteiger partial charge < -0.3 is 9.80 Å². The second-order valence-corrected chi connectivity index (χ2v) is 6.22. The van der Waals surface area contributed by atoms with Crippen molar-refractivity contribution in [2.24, 2.45) is 0 Å². The number of nitrogens with zero attached hydrogens (tertiary/aromatic N) is 2. The van der Waals surface area contributed by atoms with Gasteiger partial charge in [0.2, 0.25) is 5.96 Å². The highest BCUT2D eigenvalue weighted by atomic mass is 15.4. The SMILES string of the molecule is Cc1ccc2c(c1)CC(C)N2C(=N)N(C)c1ccccc1C. The molecule has 1 atom stereocenters. The van der Waals surface area contributed by atoms with Crippen molar-refractivity contribution in [1.29, 1.82) is 5.41 Å². The van der Waals surface area contributed by atoms with Crippen LogP contribution in [0.15, 0.2) is 42.5 Å². The smallest absolute Gasteiger partial charge is 0.202 e. The zero-order valence-electron chi connectivity index (χ0n) is 13.7. The zero-order chi connectivity index (χ0) is 15.9. The van der Waals surface area contributed by atoms with E-state index in [9.17, 15) is 0 Å². The van der Waals surface area contributed by atoms with Crippen molar-refractivity contribution in [3.8, 4) is 0 Å². The van der Waals surface area contributed by atoms with Gasteiger partial charge in [0, 0.05) is 24.5 Å². The number of anilines is 2. The second kappa shape index (κ2) is 5.48. The van der Waals surface area contributed by atoms with E-state index in [0.29, 0.717) is 12.0 Å². The average Bonchev–Trinajstić information content (AvgIpc) is 2.81. The van der Waals surface area contributed by atoms with Gasteiger partial charge in [-0.3, -0.25) is 5.41 Å². The number of nitrogens with one attached hydrogen (secondary N) is 1. The molecular formula is C19H23N3. The quantitative estimate of drug-likeness (QED) is 0.633. The summed E-state index contributed by atoms with van der Waals surface area (Å²) in [5.41, 5.74) is 6.07. The van der Waals surface area contributed by atoms with Crippen molar-refractivity contribution < 1.29 is 0 Å². The fourth-order valence-electron chi connectivity index (χ4n) is 3.30. The third-order valence-corrected chi connectivity index (χ3v) is 4.47. The summed E-state index contributed by atoms with van der Waals surface area (Å²) in [6.07, 6.45) is 1.00. The summed E-state index contributed by atoms with van der Waals surface area (Å²) in [5.74, 6) is 0.532. The topological polar surface area (TPSA) is 30.3 Å². The van der Waals surface area contributed by atoms with Gasteiger partial charge in [-0.05, 0) is 50.5 Å². The highest BCUT2D eigenvalue weighted by Crippen LogP contribution is 2.34. The number of aryl methyl sites for hydroxylation is 2. The molecule has 1 aliphatic rings. The molecule has 1 unspecified atom stereocenters. The Labute approximate surface area is 132 Å². The molecule has 0 spiro atoms. The molecule has 2 aromatic rings. The number of benzene rings is 2. The molecule has 114 valence electrons. The zero-order valence-corrected chi connectivity index (χ0v) is 13.7. The number of guanidine groups is 1. The molecule has 3 heteroatoms. The van der Waals surface area contributed by atoms with E-state index in [4.69, 9.17) is 5.41 Å². The summed E-state index contributed by atoms with van der Waals surface area (Å²) >= 11 is 0. The number of fused-ring (bicyclic) bond motifs is 1. The van der Waals surface area contributed by atoms with Gasteiger partial charge in [-0.15, -0.1) is 0 Å². The summed E-state index contributed by atoms with van der Waals surface area (Å²) in [5, 5.41) is 8.69. The first-order valence-corrected chi connectivity index (χ1v) is 7.75. The lowest BCUT2D eigenvalue weighted by Gasteiger charge is -2.32. The van der Waals surface area contributed by atoms with Crippen LogP contribution in [0, 0.1) is 19.3 Å². The summed E-state index contributed by atoms with van der Waals surface area (Å²) < 4.78 is 0. The van der Waals surface area contributed by atoms with Crippen molar-refractivity contribution in [1.82, 2.24) is 0 Å². The molecule has 0 aromatic heterocycles. The Hall–Kier alpha value is -2.29. The molecular weight excluding hydrogens is 270 g/mol. The first-order valence-electron chi connectivity index (χ1n) is 7.75. The van der Waals surface area contributed by atoms with Gasteiger partial charge in [0.1, 0.15) is 0 Å². The molecule has 3 rings (SSSR count). The molecule has 0 radical (unpaired) electrons. The van der Waals surface area contributed by atoms with Gasteiger partial charge in [0.05, 0.1) is 0 Å². The Morgan fingerprint density at radius 3 is 2.64 bits per heavy atom. The second-order valence-electron chi connectivity index (χ2n) is 6.22. The lowest BCUT2D eigenvalue weighted by Crippen LogP contribution is -2.45. The third kappa shape index (κ3) is 2.37. The van der Waals surface area contributed by atoms with Crippen LogP contribution in [0.2, 0.25) is 0 Å². The fourth-order valence-corrected chi connectivity index (χ4v) is 3.30. The first kappa shape index (κ1) is 14.6. The van der Waals surface area contributed by atoms with E-state index >= 15 is 0 Å². The van der Waals surface area contributed by atoms with Gasteiger partial charge >= 0.3 is 0 Å². The van der Waals surface area contributed by atoms with Crippen molar-refractivity contribution in [2.75, 3.05) is 16.8 Å². The van der Waals surface area contributed by atoms with E-state index in [2.05, 4.69) is 56.0 Å². The average molecular weight is 293 g/mol. The van der Waals surface area contributed by atoms with Crippen LogP contribution in [0.5, 0.6) is 0 Å². The van der Waals surface area contributed by atoms with Gasteiger partial charge in [-0.25, -0.2) is 0 Å². The molecule has 0 fully saturated rings. The molecule has 2 aromatic carbocycles. The van der Waals surface area contributed by atoms with Gasteiger partial charge in [0.15, 0.2) is 0 Å². The largest absolute Gasteiger partial charge is 0.315 e. The van der Waals surface area contributed by atoms with Crippen LogP contribution >= 0.6 is 0 Å². The molecule has 0 saturated heterocycles. The maximum absolute atomic E-state index is 8.69. The molecule has 1 N–H and O–H groups in total. The van der Waals surface area contributed by atoms with Crippen molar-refractivity contribution in [2.45, 2.75) is 33.2 Å². The van der Waals surface area contributed by atoms with Crippen LogP contribution < -0.4 is 9.80 Å². The van der Waals surface area contributed by atoms with Crippen LogP contribution in [-0.4, -0.2) is 19.0 Å². The Balaban J connectivity index is 1.95. The molecule has 22 heavy (non-hydrogen) atoms. The van der Waals surface area contributed by atoms with E-state index in [0.717, 1.165) is 12.1 Å². The van der Waals surface area contributed by atoms with Crippen LogP contribution in [-0.2, 0) is 6.42 Å². The maximum atomic E-state index is 8.69. The number of rotatable bonds is 1. The van der Waals surface area contributed by atoms with Crippen molar-refractivity contribution in [3.05, 3.63) is 59.2 Å². The summed E-state index contributed by atoms with van der Waals surface area (Å²) in [6.45, 7) is 6.40. The molecule has 0 amide bonds. The Bertz CT molecular complexity index is 720. The fraction of sp³-hybridized carbons (Fsp3) is 0.316. The van der Waals surface area contributed by atoms with Crippen LogP contribution in [0.4, 0.5) is 11.4 Å². The highest BCUT2D eigenvalue weighted by molar-refractivity contribution is 6.06. The van der Waals surface area contributed by atoms with E-state index in [1.165, 1.54) is 22.4 Å². The Morgan fingerprint density at radius 1 is 1.18 bits per heavy atom.